The molecule has 0 aliphatic rings. The molecule has 130 valence electrons. The van der Waals surface area contributed by atoms with Crippen molar-refractivity contribution in [1.29, 1.82) is 0 Å². The van der Waals surface area contributed by atoms with E-state index in [1.807, 2.05) is 49.6 Å². The number of halogens is 1. The van der Waals surface area contributed by atoms with Crippen LogP contribution < -0.4 is 0 Å². The maximum atomic E-state index is 13.2. The summed E-state index contributed by atoms with van der Waals surface area (Å²) in [6, 6.07) is 20.3. The normalized spacial score (nSPS) is 12.5. The Morgan fingerprint density at radius 2 is 1.68 bits per heavy atom. The first kappa shape index (κ1) is 17.4. The van der Waals surface area contributed by atoms with E-state index in [0.29, 0.717) is 19.6 Å². The molecule has 0 fully saturated rings. The summed E-state index contributed by atoms with van der Waals surface area (Å²) < 4.78 is 15.2. The van der Waals surface area contributed by atoms with Gasteiger partial charge < -0.3 is 9.67 Å². The maximum absolute atomic E-state index is 13.2. The van der Waals surface area contributed by atoms with Crippen LogP contribution in [0.4, 0.5) is 4.39 Å². The van der Waals surface area contributed by atoms with E-state index in [2.05, 4.69) is 15.5 Å². The Bertz CT molecular complexity index is 783. The summed E-state index contributed by atoms with van der Waals surface area (Å²) in [5.41, 5.74) is 3.09. The number of aliphatic hydroxyl groups is 1. The smallest absolute Gasteiger partial charge is 0.123 e. The van der Waals surface area contributed by atoms with Gasteiger partial charge in [0.1, 0.15) is 5.82 Å². The summed E-state index contributed by atoms with van der Waals surface area (Å²) in [5, 5.41) is 10.6. The number of aliphatic hydroxyl groups excluding tert-OH is 1. The average Bonchev–Trinajstić information content (AvgIpc) is 3.02. The highest BCUT2D eigenvalue weighted by Crippen LogP contribution is 2.18. The third-order valence-electron chi connectivity index (χ3n) is 4.37. The molecule has 0 bridgehead atoms. The van der Waals surface area contributed by atoms with Gasteiger partial charge in [0.15, 0.2) is 0 Å². The van der Waals surface area contributed by atoms with Crippen LogP contribution in [0.15, 0.2) is 72.9 Å². The summed E-state index contributed by atoms with van der Waals surface area (Å²) in [7, 11) is 2.01. The van der Waals surface area contributed by atoms with E-state index < -0.39 is 6.10 Å². The summed E-state index contributed by atoms with van der Waals surface area (Å²) in [6.45, 7) is 1.87. The minimum atomic E-state index is -0.568. The topological polar surface area (TPSA) is 28.4 Å². The standard InChI is InChI=1S/C21H23FN2O/c1-23-13-5-8-20(23)15-24(14-17-9-11-19(22)12-10-17)16-21(25)18-6-3-2-4-7-18/h2-13,21,25H,14-16H2,1H3. The number of hydrogen-bond acceptors (Lipinski definition) is 2. The van der Waals surface area contributed by atoms with Gasteiger partial charge in [-0.25, -0.2) is 4.39 Å². The van der Waals surface area contributed by atoms with Crippen LogP contribution in [-0.4, -0.2) is 21.1 Å². The second-order valence-electron chi connectivity index (χ2n) is 6.33. The highest BCUT2D eigenvalue weighted by atomic mass is 19.1. The molecule has 0 spiro atoms. The molecule has 2 aromatic carbocycles. The molecule has 3 rings (SSSR count). The van der Waals surface area contributed by atoms with E-state index in [4.69, 9.17) is 0 Å². The van der Waals surface area contributed by atoms with Crippen LogP contribution >= 0.6 is 0 Å². The fourth-order valence-corrected chi connectivity index (χ4v) is 2.95. The molecule has 0 amide bonds. The lowest BCUT2D eigenvalue weighted by atomic mass is 10.1. The second-order valence-corrected chi connectivity index (χ2v) is 6.33. The Labute approximate surface area is 148 Å². The average molecular weight is 338 g/mol. The lowest BCUT2D eigenvalue weighted by Crippen LogP contribution is -2.28. The van der Waals surface area contributed by atoms with E-state index in [1.54, 1.807) is 12.1 Å². The molecule has 0 radical (unpaired) electrons. The first-order chi connectivity index (χ1) is 12.1. The van der Waals surface area contributed by atoms with Crippen molar-refractivity contribution in [3.8, 4) is 0 Å². The predicted octanol–water partition coefficient (Wildman–Crippen LogP) is 3.90. The molecule has 4 heteroatoms. The highest BCUT2D eigenvalue weighted by Gasteiger charge is 2.15. The first-order valence-electron chi connectivity index (χ1n) is 8.42. The van der Waals surface area contributed by atoms with Gasteiger partial charge in [0.25, 0.3) is 0 Å². The lowest BCUT2D eigenvalue weighted by Gasteiger charge is -2.25. The van der Waals surface area contributed by atoms with Crippen LogP contribution in [0.3, 0.4) is 0 Å². The number of benzene rings is 2. The van der Waals surface area contributed by atoms with Gasteiger partial charge in [-0.2, -0.15) is 0 Å². The van der Waals surface area contributed by atoms with Crippen LogP contribution in [-0.2, 0) is 20.1 Å². The molecule has 1 unspecified atom stereocenters. The quantitative estimate of drug-likeness (QED) is 0.708. The number of aromatic nitrogens is 1. The molecule has 1 atom stereocenters. The SMILES string of the molecule is Cn1cccc1CN(Cc1ccc(F)cc1)CC(O)c1ccccc1. The second kappa shape index (κ2) is 8.10. The van der Waals surface area contributed by atoms with E-state index in [-0.39, 0.29) is 5.82 Å². The zero-order valence-corrected chi connectivity index (χ0v) is 14.3. The van der Waals surface area contributed by atoms with Gasteiger partial charge in [-0.15, -0.1) is 0 Å². The van der Waals surface area contributed by atoms with Crippen molar-refractivity contribution < 1.29 is 9.50 Å². The molecule has 1 aromatic heterocycles. The summed E-state index contributed by atoms with van der Waals surface area (Å²) in [5.74, 6) is -0.234. The molecular weight excluding hydrogens is 315 g/mol. The van der Waals surface area contributed by atoms with E-state index in [0.717, 1.165) is 11.1 Å². The van der Waals surface area contributed by atoms with E-state index in [9.17, 15) is 9.50 Å². The van der Waals surface area contributed by atoms with Crippen molar-refractivity contribution in [1.82, 2.24) is 9.47 Å². The van der Waals surface area contributed by atoms with Gasteiger partial charge in [0.2, 0.25) is 0 Å². The first-order valence-corrected chi connectivity index (χ1v) is 8.42. The van der Waals surface area contributed by atoms with Gasteiger partial charge in [-0.1, -0.05) is 42.5 Å². The molecule has 1 heterocycles. The summed E-state index contributed by atoms with van der Waals surface area (Å²) in [6.07, 6.45) is 1.45. The molecule has 0 aliphatic heterocycles. The third kappa shape index (κ3) is 4.78. The number of hydrogen-bond donors (Lipinski definition) is 1. The fourth-order valence-electron chi connectivity index (χ4n) is 2.95. The maximum Gasteiger partial charge on any atom is 0.123 e. The Kier molecular flexibility index (Phi) is 5.64. The van der Waals surface area contributed by atoms with Crippen LogP contribution in [0.2, 0.25) is 0 Å². The van der Waals surface area contributed by atoms with Gasteiger partial charge in [-0.3, -0.25) is 4.90 Å². The largest absolute Gasteiger partial charge is 0.387 e. The van der Waals surface area contributed by atoms with E-state index in [1.165, 1.54) is 17.8 Å². The van der Waals surface area contributed by atoms with Crippen LogP contribution in [0.5, 0.6) is 0 Å². The molecule has 0 aliphatic carbocycles. The monoisotopic (exact) mass is 338 g/mol. The number of nitrogens with zero attached hydrogens (tertiary/aromatic N) is 2. The van der Waals surface area contributed by atoms with E-state index >= 15 is 0 Å². The highest BCUT2D eigenvalue weighted by molar-refractivity contribution is 5.19. The molecule has 1 N–H and O–H groups in total. The number of rotatable bonds is 7. The minimum absolute atomic E-state index is 0.234. The Hall–Kier alpha value is -2.43. The summed E-state index contributed by atoms with van der Waals surface area (Å²) in [4.78, 5) is 2.18. The molecule has 3 aromatic rings. The third-order valence-corrected chi connectivity index (χ3v) is 4.37. The van der Waals surface area contributed by atoms with Crippen LogP contribution in [0, 0.1) is 5.82 Å². The van der Waals surface area contributed by atoms with Crippen LogP contribution in [0.25, 0.3) is 0 Å². The van der Waals surface area contributed by atoms with Crippen molar-refractivity contribution in [3.63, 3.8) is 0 Å². The molecule has 3 nitrogen and oxygen atoms in total. The predicted molar refractivity (Wildman–Crippen MR) is 97.3 cm³/mol. The van der Waals surface area contributed by atoms with Crippen molar-refractivity contribution in [3.05, 3.63) is 95.6 Å². The summed E-state index contributed by atoms with van der Waals surface area (Å²) >= 11 is 0. The Morgan fingerprint density at radius 3 is 2.32 bits per heavy atom. The van der Waals surface area contributed by atoms with Gasteiger partial charge in [0.05, 0.1) is 6.10 Å². The Balaban J connectivity index is 1.75. The number of aryl methyl sites for hydroxylation is 1. The molecule has 0 saturated carbocycles. The minimum Gasteiger partial charge on any atom is -0.387 e. The van der Waals surface area contributed by atoms with Crippen molar-refractivity contribution in [2.45, 2.75) is 19.2 Å². The van der Waals surface area contributed by atoms with Gasteiger partial charge >= 0.3 is 0 Å². The Morgan fingerprint density at radius 1 is 0.960 bits per heavy atom. The van der Waals surface area contributed by atoms with Crippen molar-refractivity contribution in [2.24, 2.45) is 7.05 Å². The lowest BCUT2D eigenvalue weighted by molar-refractivity contribution is 0.103. The fraction of sp³-hybridized carbons (Fsp3) is 0.238. The van der Waals surface area contributed by atoms with Gasteiger partial charge in [0, 0.05) is 38.6 Å². The van der Waals surface area contributed by atoms with Gasteiger partial charge in [-0.05, 0) is 35.4 Å². The van der Waals surface area contributed by atoms with Crippen molar-refractivity contribution in [2.75, 3.05) is 6.54 Å². The molecule has 25 heavy (non-hydrogen) atoms. The van der Waals surface area contributed by atoms with Crippen molar-refractivity contribution >= 4 is 0 Å². The molecule has 0 saturated heterocycles. The zero-order chi connectivity index (χ0) is 17.6. The zero-order valence-electron chi connectivity index (χ0n) is 14.3. The van der Waals surface area contributed by atoms with Crippen LogP contribution in [0.1, 0.15) is 22.9 Å². The molecular formula is C21H23FN2O.